The number of carbonyl (C=O) groups excluding carboxylic acids is 2. The van der Waals surface area contributed by atoms with E-state index in [4.69, 9.17) is 10.00 Å². The van der Waals surface area contributed by atoms with Crippen LogP contribution in [0.5, 0.6) is 0 Å². The van der Waals surface area contributed by atoms with Gasteiger partial charge in [0.1, 0.15) is 0 Å². The highest BCUT2D eigenvalue weighted by molar-refractivity contribution is 5.96. The second-order valence-corrected chi connectivity index (χ2v) is 5.31. The van der Waals surface area contributed by atoms with Crippen molar-refractivity contribution in [2.24, 2.45) is 5.92 Å². The maximum absolute atomic E-state index is 12.6. The van der Waals surface area contributed by atoms with Gasteiger partial charge in [0.2, 0.25) is 0 Å². The Hall–Kier alpha value is -2.35. The zero-order valence-corrected chi connectivity index (χ0v) is 12.7. The van der Waals surface area contributed by atoms with E-state index in [1.54, 1.807) is 24.0 Å². The van der Waals surface area contributed by atoms with Crippen molar-refractivity contribution in [1.29, 1.82) is 5.26 Å². The molecule has 1 aliphatic heterocycles. The molecule has 0 bridgehead atoms. The van der Waals surface area contributed by atoms with Crippen LogP contribution in [0.25, 0.3) is 0 Å². The normalized spacial score (nSPS) is 15.2. The van der Waals surface area contributed by atoms with E-state index in [0.717, 1.165) is 5.56 Å². The van der Waals surface area contributed by atoms with Crippen molar-refractivity contribution < 1.29 is 14.3 Å². The lowest BCUT2D eigenvalue weighted by Gasteiger charge is -2.31. The minimum Gasteiger partial charge on any atom is -0.466 e. The van der Waals surface area contributed by atoms with Gasteiger partial charge < -0.3 is 9.64 Å². The zero-order chi connectivity index (χ0) is 15.9. The van der Waals surface area contributed by atoms with Crippen LogP contribution in [-0.4, -0.2) is 36.5 Å². The summed E-state index contributed by atoms with van der Waals surface area (Å²) < 4.78 is 5.03. The first-order valence-electron chi connectivity index (χ1n) is 7.58. The van der Waals surface area contributed by atoms with Gasteiger partial charge in [0.05, 0.1) is 25.0 Å². The summed E-state index contributed by atoms with van der Waals surface area (Å²) in [4.78, 5) is 26.1. The van der Waals surface area contributed by atoms with E-state index in [-0.39, 0.29) is 24.2 Å². The second-order valence-electron chi connectivity index (χ2n) is 5.31. The van der Waals surface area contributed by atoms with Crippen LogP contribution in [0.4, 0.5) is 0 Å². The molecule has 1 saturated heterocycles. The lowest BCUT2D eigenvalue weighted by Crippen LogP contribution is -2.41. The van der Waals surface area contributed by atoms with E-state index in [9.17, 15) is 9.59 Å². The molecular weight excluding hydrogens is 280 g/mol. The number of benzene rings is 1. The predicted octanol–water partition coefficient (Wildman–Crippen LogP) is 2.17. The molecule has 0 unspecified atom stereocenters. The second kappa shape index (κ2) is 7.60. The minimum atomic E-state index is -0.167. The molecule has 2 rings (SSSR count). The summed E-state index contributed by atoms with van der Waals surface area (Å²) in [5.41, 5.74) is 1.33. The maximum Gasteiger partial charge on any atom is 0.309 e. The number of nitriles is 1. The molecule has 1 aromatic rings. The number of piperidine rings is 1. The Balaban J connectivity index is 2.01. The van der Waals surface area contributed by atoms with E-state index in [1.807, 2.05) is 12.1 Å². The lowest BCUT2D eigenvalue weighted by molar-refractivity contribution is -0.149. The van der Waals surface area contributed by atoms with E-state index >= 15 is 0 Å². The summed E-state index contributed by atoms with van der Waals surface area (Å²) in [7, 11) is 0. The van der Waals surface area contributed by atoms with E-state index in [1.165, 1.54) is 0 Å². The van der Waals surface area contributed by atoms with Gasteiger partial charge in [-0.15, -0.1) is 0 Å². The third-order valence-electron chi connectivity index (χ3n) is 3.92. The molecule has 1 fully saturated rings. The van der Waals surface area contributed by atoms with Crippen molar-refractivity contribution in [3.8, 4) is 6.07 Å². The van der Waals surface area contributed by atoms with Gasteiger partial charge in [0.15, 0.2) is 0 Å². The number of hydrogen-bond acceptors (Lipinski definition) is 4. The number of rotatable bonds is 4. The summed E-state index contributed by atoms with van der Waals surface area (Å²) in [6.07, 6.45) is 1.48. The highest BCUT2D eigenvalue weighted by Gasteiger charge is 2.29. The Morgan fingerprint density at radius 1 is 1.32 bits per heavy atom. The molecule has 1 aliphatic rings. The molecule has 0 aromatic heterocycles. The number of likely N-dealkylation sites (tertiary alicyclic amines) is 1. The molecule has 5 heteroatoms. The molecule has 1 heterocycles. The molecule has 1 aromatic carbocycles. The third kappa shape index (κ3) is 3.64. The van der Waals surface area contributed by atoms with Crippen LogP contribution in [0.1, 0.15) is 35.7 Å². The Bertz CT molecular complexity index is 584. The molecule has 22 heavy (non-hydrogen) atoms. The fraction of sp³-hybridized carbons (Fsp3) is 0.471. The highest BCUT2D eigenvalue weighted by Crippen LogP contribution is 2.21. The summed E-state index contributed by atoms with van der Waals surface area (Å²) >= 11 is 0. The van der Waals surface area contributed by atoms with E-state index in [0.29, 0.717) is 38.1 Å². The summed E-state index contributed by atoms with van der Waals surface area (Å²) in [5.74, 6) is -0.342. The Morgan fingerprint density at radius 2 is 2.00 bits per heavy atom. The van der Waals surface area contributed by atoms with Crippen LogP contribution in [0.15, 0.2) is 24.3 Å². The average Bonchev–Trinajstić information content (AvgIpc) is 2.55. The van der Waals surface area contributed by atoms with Crippen molar-refractivity contribution in [3.63, 3.8) is 0 Å². The minimum absolute atomic E-state index is 0.0619. The summed E-state index contributed by atoms with van der Waals surface area (Å²) in [5, 5.41) is 8.86. The predicted molar refractivity (Wildman–Crippen MR) is 81.0 cm³/mol. The Morgan fingerprint density at radius 3 is 2.64 bits per heavy atom. The smallest absolute Gasteiger partial charge is 0.309 e. The fourth-order valence-corrected chi connectivity index (χ4v) is 2.72. The first-order valence-corrected chi connectivity index (χ1v) is 7.58. The molecule has 0 aliphatic carbocycles. The van der Waals surface area contributed by atoms with Crippen molar-refractivity contribution in [2.75, 3.05) is 19.7 Å². The van der Waals surface area contributed by atoms with Crippen LogP contribution >= 0.6 is 0 Å². The molecule has 0 radical (unpaired) electrons. The fourth-order valence-electron chi connectivity index (χ4n) is 2.72. The van der Waals surface area contributed by atoms with Crippen molar-refractivity contribution >= 4 is 11.9 Å². The van der Waals surface area contributed by atoms with Crippen LogP contribution in [-0.2, 0) is 16.0 Å². The number of ether oxygens (including phenoxy) is 1. The Labute approximate surface area is 130 Å². The Kier molecular flexibility index (Phi) is 5.54. The lowest BCUT2D eigenvalue weighted by atomic mass is 9.95. The van der Waals surface area contributed by atoms with Gasteiger partial charge in [-0.1, -0.05) is 18.2 Å². The van der Waals surface area contributed by atoms with Gasteiger partial charge in [-0.05, 0) is 31.4 Å². The van der Waals surface area contributed by atoms with Crippen LogP contribution in [0.3, 0.4) is 0 Å². The molecule has 116 valence electrons. The first-order chi connectivity index (χ1) is 10.7. The van der Waals surface area contributed by atoms with Crippen LogP contribution < -0.4 is 0 Å². The SMILES string of the molecule is CCOC(=O)C1CCN(C(=O)c2ccccc2CC#N)CC1. The molecule has 0 atom stereocenters. The zero-order valence-electron chi connectivity index (χ0n) is 12.7. The summed E-state index contributed by atoms with van der Waals surface area (Å²) in [6, 6.07) is 9.28. The van der Waals surface area contributed by atoms with Gasteiger partial charge in [-0.2, -0.15) is 5.26 Å². The number of amides is 1. The van der Waals surface area contributed by atoms with Crippen molar-refractivity contribution in [3.05, 3.63) is 35.4 Å². The molecule has 0 N–H and O–H groups in total. The topological polar surface area (TPSA) is 70.4 Å². The van der Waals surface area contributed by atoms with Crippen LogP contribution in [0, 0.1) is 17.2 Å². The number of carbonyl (C=O) groups is 2. The van der Waals surface area contributed by atoms with Gasteiger partial charge in [0, 0.05) is 18.7 Å². The maximum atomic E-state index is 12.6. The van der Waals surface area contributed by atoms with E-state index in [2.05, 4.69) is 6.07 Å². The van der Waals surface area contributed by atoms with E-state index < -0.39 is 0 Å². The molecule has 0 saturated carbocycles. The third-order valence-corrected chi connectivity index (χ3v) is 3.92. The monoisotopic (exact) mass is 300 g/mol. The molecule has 0 spiro atoms. The number of nitrogens with zero attached hydrogens (tertiary/aromatic N) is 2. The first kappa shape index (κ1) is 16.0. The van der Waals surface area contributed by atoms with Crippen molar-refractivity contribution in [1.82, 2.24) is 4.90 Å². The van der Waals surface area contributed by atoms with Gasteiger partial charge in [-0.3, -0.25) is 9.59 Å². The molecule has 1 amide bonds. The molecule has 5 nitrogen and oxygen atoms in total. The summed E-state index contributed by atoms with van der Waals surface area (Å²) in [6.45, 7) is 3.27. The number of hydrogen-bond donors (Lipinski definition) is 0. The van der Waals surface area contributed by atoms with Gasteiger partial charge in [-0.25, -0.2) is 0 Å². The quantitative estimate of drug-likeness (QED) is 0.799. The highest BCUT2D eigenvalue weighted by atomic mass is 16.5. The number of esters is 1. The van der Waals surface area contributed by atoms with Gasteiger partial charge in [0.25, 0.3) is 5.91 Å². The standard InChI is InChI=1S/C17H20N2O3/c1-2-22-17(21)14-8-11-19(12-9-14)16(20)15-6-4-3-5-13(15)7-10-18/h3-6,14H,2,7-9,11-12H2,1H3. The van der Waals surface area contributed by atoms with Crippen molar-refractivity contribution in [2.45, 2.75) is 26.2 Å². The van der Waals surface area contributed by atoms with Crippen LogP contribution in [0.2, 0.25) is 0 Å². The van der Waals surface area contributed by atoms with Gasteiger partial charge >= 0.3 is 5.97 Å². The largest absolute Gasteiger partial charge is 0.466 e. The average molecular weight is 300 g/mol. The molecular formula is C17H20N2O3.